The average molecular weight is 503 g/mol. The molecule has 37 heavy (non-hydrogen) atoms. The third-order valence-corrected chi connectivity index (χ3v) is 6.42. The van der Waals surface area contributed by atoms with Gasteiger partial charge in [-0.05, 0) is 92.4 Å². The molecule has 0 bridgehead atoms. The number of anilines is 1. The molecule has 2 aromatic carbocycles. The lowest BCUT2D eigenvalue weighted by molar-refractivity contribution is -0.137. The van der Waals surface area contributed by atoms with Crippen molar-refractivity contribution in [2.45, 2.75) is 32.5 Å². The van der Waals surface area contributed by atoms with E-state index >= 15 is 0 Å². The van der Waals surface area contributed by atoms with E-state index in [1.165, 1.54) is 0 Å². The van der Waals surface area contributed by atoms with Crippen LogP contribution in [0.5, 0.6) is 0 Å². The van der Waals surface area contributed by atoms with Gasteiger partial charge in [-0.3, -0.25) is 14.1 Å². The number of fused-ring (bicyclic) bond motifs is 1. The van der Waals surface area contributed by atoms with E-state index in [-0.39, 0.29) is 5.69 Å². The molecular formula is C29H25F3N4O. The number of pyridine rings is 1. The number of likely N-dealkylation sites (tertiary alicyclic amines) is 1. The predicted molar refractivity (Wildman–Crippen MR) is 136 cm³/mol. The molecule has 0 saturated carbocycles. The van der Waals surface area contributed by atoms with E-state index in [0.717, 1.165) is 49.3 Å². The smallest absolute Gasteiger partial charge is 0.322 e. The summed E-state index contributed by atoms with van der Waals surface area (Å²) in [6.07, 6.45) is 1.12. The van der Waals surface area contributed by atoms with Crippen LogP contribution in [0.3, 0.4) is 0 Å². The molecule has 5 rings (SSSR count). The minimum Gasteiger partial charge on any atom is -0.322 e. The van der Waals surface area contributed by atoms with Crippen molar-refractivity contribution in [2.75, 3.05) is 18.4 Å². The maximum Gasteiger partial charge on any atom is 0.416 e. The molecule has 8 heteroatoms. The van der Waals surface area contributed by atoms with Crippen molar-refractivity contribution in [3.05, 3.63) is 101 Å². The highest BCUT2D eigenvalue weighted by molar-refractivity contribution is 6.04. The maximum absolute atomic E-state index is 13.6. The molecule has 1 aliphatic rings. The normalized spacial score (nSPS) is 13.9. The molecule has 0 atom stereocenters. The summed E-state index contributed by atoms with van der Waals surface area (Å²) in [5.74, 6) is 5.70. The van der Waals surface area contributed by atoms with E-state index in [2.05, 4.69) is 27.0 Å². The second kappa shape index (κ2) is 10.1. The van der Waals surface area contributed by atoms with Gasteiger partial charge in [0.05, 0.1) is 11.8 Å². The first-order valence-electron chi connectivity index (χ1n) is 12.1. The molecule has 1 amide bonds. The molecule has 1 N–H and O–H groups in total. The van der Waals surface area contributed by atoms with Gasteiger partial charge in [0.25, 0.3) is 5.91 Å². The number of rotatable bonds is 4. The van der Waals surface area contributed by atoms with Crippen molar-refractivity contribution in [1.29, 1.82) is 0 Å². The van der Waals surface area contributed by atoms with Gasteiger partial charge in [-0.15, -0.1) is 0 Å². The number of hydrogen-bond donors (Lipinski definition) is 1. The number of alkyl halides is 3. The zero-order chi connectivity index (χ0) is 26.0. The number of carbonyl (C=O) groups excluding carboxylic acids is 1. The van der Waals surface area contributed by atoms with Crippen molar-refractivity contribution in [1.82, 2.24) is 14.3 Å². The lowest BCUT2D eigenvalue weighted by atomic mass is 10.0. The second-order valence-corrected chi connectivity index (χ2v) is 9.21. The SMILES string of the molecule is Cc1ccc(C(=O)Nc2cc(CN3CCCC3)cc(C(F)(F)F)c2)cc1C#Cc1cnc2ccccn12. The van der Waals surface area contributed by atoms with Crippen LogP contribution in [0.15, 0.2) is 67.0 Å². The van der Waals surface area contributed by atoms with Crippen molar-refractivity contribution in [3.63, 3.8) is 0 Å². The summed E-state index contributed by atoms with van der Waals surface area (Å²) < 4.78 is 42.6. The molecule has 1 fully saturated rings. The number of aromatic nitrogens is 2. The fourth-order valence-electron chi connectivity index (χ4n) is 4.48. The zero-order valence-electron chi connectivity index (χ0n) is 20.3. The standard InChI is InChI=1S/C29H25F3N4O/c1-20-7-8-23(16-22(20)9-10-26-18-33-27-6-2-3-13-36(26)27)28(37)34-25-15-21(19-35-11-4-5-12-35)14-24(17-25)29(30,31)32/h2-3,6-8,13-18H,4-5,11-12,19H2,1H3,(H,34,37). The molecule has 0 aliphatic carbocycles. The summed E-state index contributed by atoms with van der Waals surface area (Å²) in [6, 6.07) is 14.5. The maximum atomic E-state index is 13.6. The Hall–Kier alpha value is -4.09. The third kappa shape index (κ3) is 5.68. The lowest BCUT2D eigenvalue weighted by Gasteiger charge is -2.18. The van der Waals surface area contributed by atoms with Crippen LogP contribution >= 0.6 is 0 Å². The Morgan fingerprint density at radius 1 is 1.05 bits per heavy atom. The molecule has 0 spiro atoms. The van der Waals surface area contributed by atoms with Crippen LogP contribution < -0.4 is 5.32 Å². The van der Waals surface area contributed by atoms with Gasteiger partial charge in [0, 0.05) is 29.6 Å². The zero-order valence-corrected chi connectivity index (χ0v) is 20.3. The summed E-state index contributed by atoms with van der Waals surface area (Å²) in [4.78, 5) is 19.5. The number of carbonyl (C=O) groups is 1. The van der Waals surface area contributed by atoms with Crippen molar-refractivity contribution in [3.8, 4) is 11.8 Å². The van der Waals surface area contributed by atoms with Crippen LogP contribution in [0.1, 0.15) is 51.1 Å². The van der Waals surface area contributed by atoms with E-state index in [4.69, 9.17) is 0 Å². The van der Waals surface area contributed by atoms with Gasteiger partial charge in [0.2, 0.25) is 0 Å². The largest absolute Gasteiger partial charge is 0.416 e. The fourth-order valence-corrected chi connectivity index (χ4v) is 4.48. The number of nitrogens with zero attached hydrogens (tertiary/aromatic N) is 3. The Labute approximate surface area is 212 Å². The van der Waals surface area contributed by atoms with Crippen LogP contribution in [0.25, 0.3) is 5.65 Å². The van der Waals surface area contributed by atoms with Gasteiger partial charge in [-0.2, -0.15) is 13.2 Å². The fraction of sp³-hybridized carbons (Fsp3) is 0.241. The molecule has 2 aromatic heterocycles. The summed E-state index contributed by atoms with van der Waals surface area (Å²) in [6.45, 7) is 4.03. The number of nitrogens with one attached hydrogen (secondary N) is 1. The number of aryl methyl sites for hydroxylation is 1. The van der Waals surface area contributed by atoms with E-state index in [1.807, 2.05) is 35.7 Å². The van der Waals surface area contributed by atoms with Crippen LogP contribution in [-0.4, -0.2) is 33.3 Å². The molecule has 188 valence electrons. The molecule has 1 aliphatic heterocycles. The number of amides is 1. The quantitative estimate of drug-likeness (QED) is 0.353. The monoisotopic (exact) mass is 502 g/mol. The number of imidazole rings is 1. The Balaban J connectivity index is 1.40. The molecule has 5 nitrogen and oxygen atoms in total. The Morgan fingerprint density at radius 2 is 1.86 bits per heavy atom. The van der Waals surface area contributed by atoms with E-state index < -0.39 is 17.6 Å². The van der Waals surface area contributed by atoms with E-state index in [1.54, 1.807) is 30.5 Å². The van der Waals surface area contributed by atoms with Crippen LogP contribution in [0, 0.1) is 18.8 Å². The second-order valence-electron chi connectivity index (χ2n) is 9.21. The van der Waals surface area contributed by atoms with Gasteiger partial charge >= 0.3 is 6.18 Å². The van der Waals surface area contributed by atoms with Gasteiger partial charge in [0.15, 0.2) is 0 Å². The van der Waals surface area contributed by atoms with E-state index in [0.29, 0.717) is 28.9 Å². The van der Waals surface area contributed by atoms with Gasteiger partial charge in [-0.1, -0.05) is 18.1 Å². The first-order chi connectivity index (χ1) is 17.8. The topological polar surface area (TPSA) is 49.6 Å². The van der Waals surface area contributed by atoms with Crippen LogP contribution in [0.2, 0.25) is 0 Å². The summed E-state index contributed by atoms with van der Waals surface area (Å²) in [7, 11) is 0. The number of halogens is 3. The van der Waals surface area contributed by atoms with E-state index in [9.17, 15) is 18.0 Å². The Kier molecular flexibility index (Phi) is 6.72. The molecular weight excluding hydrogens is 477 g/mol. The third-order valence-electron chi connectivity index (χ3n) is 6.42. The molecule has 1 saturated heterocycles. The van der Waals surface area contributed by atoms with Crippen molar-refractivity contribution >= 4 is 17.2 Å². The molecule has 4 aromatic rings. The Morgan fingerprint density at radius 3 is 2.65 bits per heavy atom. The molecule has 0 unspecified atom stereocenters. The number of benzene rings is 2. The summed E-state index contributed by atoms with van der Waals surface area (Å²) in [5.41, 5.74) is 3.20. The minimum atomic E-state index is -4.51. The predicted octanol–water partition coefficient (Wildman–Crippen LogP) is 5.91. The summed E-state index contributed by atoms with van der Waals surface area (Å²) in [5, 5.41) is 2.66. The highest BCUT2D eigenvalue weighted by Crippen LogP contribution is 2.33. The van der Waals surface area contributed by atoms with Gasteiger partial charge in [-0.25, -0.2) is 4.98 Å². The molecule has 0 radical (unpaired) electrons. The van der Waals surface area contributed by atoms with Gasteiger partial charge < -0.3 is 5.32 Å². The number of hydrogen-bond acceptors (Lipinski definition) is 3. The first kappa shape index (κ1) is 24.6. The van der Waals surface area contributed by atoms with Crippen LogP contribution in [-0.2, 0) is 12.7 Å². The van der Waals surface area contributed by atoms with Gasteiger partial charge in [0.1, 0.15) is 11.3 Å². The minimum absolute atomic E-state index is 0.118. The van der Waals surface area contributed by atoms with Crippen molar-refractivity contribution in [2.24, 2.45) is 0 Å². The highest BCUT2D eigenvalue weighted by Gasteiger charge is 2.31. The van der Waals surface area contributed by atoms with Crippen LogP contribution in [0.4, 0.5) is 18.9 Å². The summed E-state index contributed by atoms with van der Waals surface area (Å²) >= 11 is 0. The average Bonchev–Trinajstić information content (AvgIpc) is 3.53. The lowest BCUT2D eigenvalue weighted by Crippen LogP contribution is -2.19. The molecule has 3 heterocycles. The Bertz CT molecular complexity index is 1520. The highest BCUT2D eigenvalue weighted by atomic mass is 19.4. The first-order valence-corrected chi connectivity index (χ1v) is 12.1. The van der Waals surface area contributed by atoms with Crippen molar-refractivity contribution < 1.29 is 18.0 Å².